The molecule has 0 N–H and O–H groups in total. The third-order valence-corrected chi connectivity index (χ3v) is 10.7. The average molecular weight is 789 g/mol. The van der Waals surface area contributed by atoms with Gasteiger partial charge in [-0.3, -0.25) is 0 Å². The van der Waals surface area contributed by atoms with Crippen LogP contribution in [0.15, 0.2) is 24.3 Å². The molecule has 0 aliphatic rings. The molecule has 330 valence electrons. The SMILES string of the molecule is CCCCCCCCCCCCCCCCCC[N+](C)(C)C.CCCCCCCCCCCCCCCCCC[N+](C)(C)C.O=C([O-])c1ccccc1C(=O)[O-]. The Morgan fingerprint density at radius 3 is 0.696 bits per heavy atom. The second-order valence-electron chi connectivity index (χ2n) is 18.8. The lowest BCUT2D eigenvalue weighted by Gasteiger charge is -2.23. The van der Waals surface area contributed by atoms with E-state index in [4.69, 9.17) is 0 Å². The Balaban J connectivity index is 0. The Morgan fingerprint density at radius 2 is 0.536 bits per heavy atom. The number of carbonyl (C=O) groups is 2. The molecule has 0 heterocycles. The predicted molar refractivity (Wildman–Crippen MR) is 240 cm³/mol. The molecule has 6 nitrogen and oxygen atoms in total. The molecule has 0 saturated carbocycles. The Bertz CT molecular complexity index is 919. The van der Waals surface area contributed by atoms with E-state index >= 15 is 0 Å². The van der Waals surface area contributed by atoms with E-state index in [2.05, 4.69) is 56.1 Å². The van der Waals surface area contributed by atoms with Crippen molar-refractivity contribution in [2.75, 3.05) is 55.4 Å². The van der Waals surface area contributed by atoms with Gasteiger partial charge in [-0.25, -0.2) is 0 Å². The van der Waals surface area contributed by atoms with Crippen LogP contribution < -0.4 is 10.2 Å². The predicted octanol–water partition coefficient (Wildman–Crippen LogP) is 12.3. The van der Waals surface area contributed by atoms with Gasteiger partial charge in [0, 0.05) is 11.1 Å². The summed E-state index contributed by atoms with van der Waals surface area (Å²) in [6.07, 6.45) is 46.7. The molecule has 0 atom stereocenters. The van der Waals surface area contributed by atoms with Gasteiger partial charge in [0.2, 0.25) is 0 Å². The molecule has 0 aromatic heterocycles. The molecule has 0 amide bonds. The largest absolute Gasteiger partial charge is 0.545 e. The number of hydrogen-bond acceptors (Lipinski definition) is 4. The number of carboxylic acids is 2. The number of quaternary nitrogens is 2. The molecule has 0 aliphatic carbocycles. The van der Waals surface area contributed by atoms with Gasteiger partial charge in [-0.2, -0.15) is 0 Å². The third-order valence-electron chi connectivity index (χ3n) is 10.7. The zero-order valence-electron chi connectivity index (χ0n) is 38.9. The first-order valence-corrected chi connectivity index (χ1v) is 23.9. The van der Waals surface area contributed by atoms with Crippen LogP contribution in [0, 0.1) is 0 Å². The van der Waals surface area contributed by atoms with Crippen LogP contribution in [0.1, 0.15) is 240 Å². The molecule has 0 bridgehead atoms. The maximum absolute atomic E-state index is 10.3. The topological polar surface area (TPSA) is 80.3 Å². The first-order chi connectivity index (χ1) is 26.7. The molecule has 56 heavy (non-hydrogen) atoms. The number of benzene rings is 1. The van der Waals surface area contributed by atoms with Gasteiger partial charge in [-0.15, -0.1) is 0 Å². The molecule has 6 heteroatoms. The van der Waals surface area contributed by atoms with Crippen LogP contribution in [0.25, 0.3) is 0 Å². The van der Waals surface area contributed by atoms with Gasteiger partial charge in [0.1, 0.15) is 0 Å². The lowest BCUT2D eigenvalue weighted by molar-refractivity contribution is -0.870. The van der Waals surface area contributed by atoms with Gasteiger partial charge in [0.15, 0.2) is 0 Å². The summed E-state index contributed by atoms with van der Waals surface area (Å²) in [5.41, 5.74) is -0.727. The minimum absolute atomic E-state index is 0.363. The van der Waals surface area contributed by atoms with Crippen LogP contribution in [0.4, 0.5) is 0 Å². The van der Waals surface area contributed by atoms with Crippen LogP contribution in [0.3, 0.4) is 0 Å². The monoisotopic (exact) mass is 789 g/mol. The van der Waals surface area contributed by atoms with E-state index in [0.717, 1.165) is 21.1 Å². The molecule has 1 rings (SSSR count). The van der Waals surface area contributed by atoms with Gasteiger partial charge >= 0.3 is 0 Å². The summed E-state index contributed by atoms with van der Waals surface area (Å²) in [5.74, 6) is -3.04. The van der Waals surface area contributed by atoms with Crippen molar-refractivity contribution >= 4 is 11.9 Å². The molecule has 0 fully saturated rings. The summed E-state index contributed by atoms with van der Waals surface area (Å²) < 4.78 is 2.25. The quantitative estimate of drug-likeness (QED) is 0.0501. The highest BCUT2D eigenvalue weighted by molar-refractivity contribution is 5.99. The minimum atomic E-state index is -1.52. The minimum Gasteiger partial charge on any atom is -0.545 e. The number of carboxylic acid groups (broad SMARTS) is 2. The summed E-state index contributed by atoms with van der Waals surface area (Å²) in [6.45, 7) is 7.26. The summed E-state index contributed by atoms with van der Waals surface area (Å²) in [7, 11) is 13.8. The highest BCUT2D eigenvalue weighted by atomic mass is 16.4. The summed E-state index contributed by atoms with van der Waals surface area (Å²) in [5, 5.41) is 20.6. The molecular formula is C50H96N2O4. The third kappa shape index (κ3) is 44.8. The number of carbonyl (C=O) groups excluding carboxylic acids is 2. The smallest absolute Gasteiger partial charge is 0.0780 e. The van der Waals surface area contributed by atoms with Gasteiger partial charge in [0.05, 0.1) is 67.3 Å². The first-order valence-electron chi connectivity index (χ1n) is 23.9. The molecular weight excluding hydrogens is 693 g/mol. The molecule has 0 aliphatic heterocycles. The van der Waals surface area contributed by atoms with Crippen LogP contribution in [0.5, 0.6) is 0 Å². The van der Waals surface area contributed by atoms with E-state index in [-0.39, 0.29) is 11.1 Å². The maximum Gasteiger partial charge on any atom is 0.0780 e. The van der Waals surface area contributed by atoms with Crippen molar-refractivity contribution in [3.63, 3.8) is 0 Å². The Kier molecular flexibility index (Phi) is 40.0. The second kappa shape index (κ2) is 39.9. The summed E-state index contributed by atoms with van der Waals surface area (Å²) >= 11 is 0. The highest BCUT2D eigenvalue weighted by Gasteiger charge is 2.06. The van der Waals surface area contributed by atoms with Crippen LogP contribution in [-0.4, -0.2) is 76.3 Å². The molecule has 0 radical (unpaired) electrons. The Hall–Kier alpha value is -1.92. The molecule has 0 saturated heterocycles. The molecule has 1 aromatic carbocycles. The van der Waals surface area contributed by atoms with Crippen LogP contribution in [-0.2, 0) is 0 Å². The Labute approximate surface area is 349 Å². The second-order valence-corrected chi connectivity index (χ2v) is 18.8. The number of aromatic carboxylic acids is 2. The number of nitrogens with zero attached hydrogens (tertiary/aromatic N) is 2. The van der Waals surface area contributed by atoms with E-state index < -0.39 is 11.9 Å². The average Bonchev–Trinajstić information content (AvgIpc) is 3.14. The van der Waals surface area contributed by atoms with Gasteiger partial charge in [0.25, 0.3) is 0 Å². The fraction of sp³-hybridized carbons (Fsp3) is 0.840. The van der Waals surface area contributed by atoms with Crippen molar-refractivity contribution in [1.29, 1.82) is 0 Å². The fourth-order valence-electron chi connectivity index (χ4n) is 7.11. The fourth-order valence-corrected chi connectivity index (χ4v) is 7.11. The number of hydrogen-bond donors (Lipinski definition) is 0. The van der Waals surface area contributed by atoms with E-state index in [1.165, 1.54) is 231 Å². The molecule has 0 unspecified atom stereocenters. The molecule has 1 aromatic rings. The van der Waals surface area contributed by atoms with Gasteiger partial charge in [-0.1, -0.05) is 218 Å². The lowest BCUT2D eigenvalue weighted by Crippen LogP contribution is -2.35. The Morgan fingerprint density at radius 1 is 0.357 bits per heavy atom. The van der Waals surface area contributed by atoms with Crippen molar-refractivity contribution < 1.29 is 28.8 Å². The normalized spacial score (nSPS) is 11.4. The van der Waals surface area contributed by atoms with Gasteiger partial charge in [-0.05, 0) is 25.7 Å². The van der Waals surface area contributed by atoms with Crippen molar-refractivity contribution in [2.24, 2.45) is 0 Å². The number of unbranched alkanes of at least 4 members (excludes halogenated alkanes) is 30. The molecule has 0 spiro atoms. The highest BCUT2D eigenvalue weighted by Crippen LogP contribution is 2.16. The van der Waals surface area contributed by atoms with E-state index in [1.54, 1.807) is 0 Å². The van der Waals surface area contributed by atoms with Crippen molar-refractivity contribution in [3.8, 4) is 0 Å². The summed E-state index contributed by atoms with van der Waals surface area (Å²) in [4.78, 5) is 20.6. The van der Waals surface area contributed by atoms with Gasteiger partial charge < -0.3 is 28.8 Å². The van der Waals surface area contributed by atoms with Crippen molar-refractivity contribution in [1.82, 2.24) is 0 Å². The van der Waals surface area contributed by atoms with Crippen LogP contribution >= 0.6 is 0 Å². The first kappa shape index (κ1) is 56.2. The summed E-state index contributed by atoms with van der Waals surface area (Å²) in [6, 6.07) is 5.14. The van der Waals surface area contributed by atoms with Crippen molar-refractivity contribution in [2.45, 2.75) is 219 Å². The van der Waals surface area contributed by atoms with E-state index in [9.17, 15) is 19.8 Å². The van der Waals surface area contributed by atoms with Crippen molar-refractivity contribution in [3.05, 3.63) is 35.4 Å². The zero-order valence-corrected chi connectivity index (χ0v) is 38.9. The zero-order chi connectivity index (χ0) is 42.2. The van der Waals surface area contributed by atoms with E-state index in [1.807, 2.05) is 0 Å². The van der Waals surface area contributed by atoms with E-state index in [0.29, 0.717) is 0 Å². The number of rotatable bonds is 36. The lowest BCUT2D eigenvalue weighted by atomic mass is 10.0. The standard InChI is InChI=1S/2C21H46N.C8H6O4/c2*1-5-6-7-8-9-10-11-12-13-14-15-16-17-18-19-20-21-22(2,3)4;9-7(10)5-3-1-2-4-6(5)8(11)12/h2*5-21H2,1-4H3;1-4H,(H,9,10)(H,11,12)/q2*+1;/p-2. The van der Waals surface area contributed by atoms with Crippen LogP contribution in [0.2, 0.25) is 0 Å². The maximum atomic E-state index is 10.3.